The second kappa shape index (κ2) is 5.78. The van der Waals surface area contributed by atoms with E-state index in [-0.39, 0.29) is 12.6 Å². The Labute approximate surface area is 85.0 Å². The average Bonchev–Trinajstić information content (AvgIpc) is 2.59. The Morgan fingerprint density at radius 3 is 2.93 bits per heavy atom. The Bertz CT molecular complexity index is 256. The van der Waals surface area contributed by atoms with Gasteiger partial charge in [0.15, 0.2) is 0 Å². The van der Waals surface area contributed by atoms with Gasteiger partial charge in [-0.25, -0.2) is 4.98 Å². The average molecular weight is 197 g/mol. The quantitative estimate of drug-likeness (QED) is 0.690. The topological polar surface area (TPSA) is 50.1 Å². The predicted octanol–water partition coefficient (Wildman–Crippen LogP) is 0.323. The number of aryl methyl sites for hydroxylation is 1. The molecule has 0 spiro atoms. The molecule has 4 heteroatoms. The summed E-state index contributed by atoms with van der Waals surface area (Å²) in [7, 11) is 1.99. The molecular formula is C10H19N3O. The third kappa shape index (κ3) is 3.12. The zero-order chi connectivity index (χ0) is 10.4. The van der Waals surface area contributed by atoms with Crippen LogP contribution in [-0.4, -0.2) is 33.9 Å². The number of hydrogen-bond acceptors (Lipinski definition) is 3. The molecule has 1 aromatic heterocycles. The summed E-state index contributed by atoms with van der Waals surface area (Å²) in [6.07, 6.45) is 5.61. The largest absolute Gasteiger partial charge is 0.395 e. The van der Waals surface area contributed by atoms with Crippen molar-refractivity contribution in [3.63, 3.8) is 0 Å². The molecule has 1 heterocycles. The smallest absolute Gasteiger partial charge is 0.109 e. The van der Waals surface area contributed by atoms with Crippen LogP contribution >= 0.6 is 0 Å². The molecule has 0 amide bonds. The van der Waals surface area contributed by atoms with Crippen molar-refractivity contribution in [2.24, 2.45) is 7.05 Å². The molecule has 0 aliphatic rings. The lowest BCUT2D eigenvalue weighted by atomic mass is 10.2. The summed E-state index contributed by atoms with van der Waals surface area (Å²) in [4.78, 5) is 4.22. The lowest BCUT2D eigenvalue weighted by Crippen LogP contribution is -2.33. The molecule has 1 rings (SSSR count). The van der Waals surface area contributed by atoms with Crippen LogP contribution in [0.2, 0.25) is 0 Å². The van der Waals surface area contributed by atoms with E-state index in [0.717, 1.165) is 25.2 Å². The van der Waals surface area contributed by atoms with Crippen molar-refractivity contribution >= 4 is 0 Å². The van der Waals surface area contributed by atoms with Crippen molar-refractivity contribution < 1.29 is 5.11 Å². The van der Waals surface area contributed by atoms with Crippen molar-refractivity contribution in [1.29, 1.82) is 0 Å². The number of imidazole rings is 1. The van der Waals surface area contributed by atoms with Gasteiger partial charge in [0.1, 0.15) is 5.82 Å². The van der Waals surface area contributed by atoms with Crippen molar-refractivity contribution in [3.8, 4) is 0 Å². The summed E-state index contributed by atoms with van der Waals surface area (Å²) < 4.78 is 2.02. The van der Waals surface area contributed by atoms with Gasteiger partial charge in [-0.15, -0.1) is 0 Å². The van der Waals surface area contributed by atoms with Crippen LogP contribution in [0.4, 0.5) is 0 Å². The van der Waals surface area contributed by atoms with Crippen molar-refractivity contribution in [1.82, 2.24) is 14.9 Å². The number of nitrogens with one attached hydrogen (secondary N) is 1. The molecular weight excluding hydrogens is 178 g/mol. The predicted molar refractivity (Wildman–Crippen MR) is 56.1 cm³/mol. The standard InChI is InChI=1S/C10H19N3O/c1-3-9(8-14)11-5-4-10-12-6-7-13(10)2/h6-7,9,11,14H,3-5,8H2,1-2H3. The third-order valence-corrected chi connectivity index (χ3v) is 2.42. The fourth-order valence-corrected chi connectivity index (χ4v) is 1.36. The minimum atomic E-state index is 0.205. The van der Waals surface area contributed by atoms with Gasteiger partial charge >= 0.3 is 0 Å². The molecule has 0 saturated carbocycles. The monoisotopic (exact) mass is 197 g/mol. The highest BCUT2D eigenvalue weighted by atomic mass is 16.3. The first kappa shape index (κ1) is 11.2. The van der Waals surface area contributed by atoms with Crippen molar-refractivity contribution in [2.45, 2.75) is 25.8 Å². The molecule has 14 heavy (non-hydrogen) atoms. The van der Waals surface area contributed by atoms with Crippen LogP contribution in [0.5, 0.6) is 0 Å². The van der Waals surface area contributed by atoms with Crippen LogP contribution in [0.1, 0.15) is 19.2 Å². The molecule has 0 fully saturated rings. The maximum atomic E-state index is 8.95. The molecule has 4 nitrogen and oxygen atoms in total. The molecule has 2 N–H and O–H groups in total. The van der Waals surface area contributed by atoms with E-state index in [0.29, 0.717) is 0 Å². The summed E-state index contributed by atoms with van der Waals surface area (Å²) in [5.74, 6) is 1.07. The van der Waals surface area contributed by atoms with Gasteiger partial charge in [-0.1, -0.05) is 6.92 Å². The summed E-state index contributed by atoms with van der Waals surface area (Å²) in [5, 5.41) is 12.2. The van der Waals surface area contributed by atoms with Gasteiger partial charge < -0.3 is 15.0 Å². The Kier molecular flexibility index (Phi) is 4.62. The lowest BCUT2D eigenvalue weighted by Gasteiger charge is -2.13. The van der Waals surface area contributed by atoms with E-state index < -0.39 is 0 Å². The van der Waals surface area contributed by atoms with Crippen LogP contribution in [0.25, 0.3) is 0 Å². The fourth-order valence-electron chi connectivity index (χ4n) is 1.36. The number of rotatable bonds is 6. The highest BCUT2D eigenvalue weighted by Gasteiger charge is 2.03. The summed E-state index contributed by atoms with van der Waals surface area (Å²) >= 11 is 0. The van der Waals surface area contributed by atoms with Crippen LogP contribution in [0.3, 0.4) is 0 Å². The van der Waals surface area contributed by atoms with E-state index in [9.17, 15) is 0 Å². The van der Waals surface area contributed by atoms with Gasteiger partial charge in [-0.05, 0) is 6.42 Å². The van der Waals surface area contributed by atoms with E-state index in [1.165, 1.54) is 0 Å². The minimum absolute atomic E-state index is 0.205. The minimum Gasteiger partial charge on any atom is -0.395 e. The maximum Gasteiger partial charge on any atom is 0.109 e. The Balaban J connectivity index is 2.24. The summed E-state index contributed by atoms with van der Waals surface area (Å²) in [5.41, 5.74) is 0. The van der Waals surface area contributed by atoms with E-state index in [1.54, 1.807) is 6.20 Å². The second-order valence-electron chi connectivity index (χ2n) is 3.45. The first-order valence-electron chi connectivity index (χ1n) is 5.08. The lowest BCUT2D eigenvalue weighted by molar-refractivity contribution is 0.239. The SMILES string of the molecule is CCC(CO)NCCc1nccn1C. The van der Waals surface area contributed by atoms with Gasteiger partial charge in [0.05, 0.1) is 6.61 Å². The fraction of sp³-hybridized carbons (Fsp3) is 0.700. The first-order valence-corrected chi connectivity index (χ1v) is 5.08. The van der Waals surface area contributed by atoms with Gasteiger partial charge in [0.2, 0.25) is 0 Å². The molecule has 0 aromatic carbocycles. The van der Waals surface area contributed by atoms with Gasteiger partial charge in [-0.2, -0.15) is 0 Å². The molecule has 1 aromatic rings. The summed E-state index contributed by atoms with van der Waals surface area (Å²) in [6.45, 7) is 3.13. The molecule has 1 unspecified atom stereocenters. The van der Waals surface area contributed by atoms with E-state index >= 15 is 0 Å². The van der Waals surface area contributed by atoms with E-state index in [4.69, 9.17) is 5.11 Å². The molecule has 0 aliphatic carbocycles. The van der Waals surface area contributed by atoms with E-state index in [2.05, 4.69) is 17.2 Å². The van der Waals surface area contributed by atoms with Crippen LogP contribution < -0.4 is 5.32 Å². The van der Waals surface area contributed by atoms with Crippen molar-refractivity contribution in [2.75, 3.05) is 13.2 Å². The molecule has 0 radical (unpaired) electrons. The molecule has 0 saturated heterocycles. The Morgan fingerprint density at radius 1 is 1.64 bits per heavy atom. The molecule has 1 atom stereocenters. The first-order chi connectivity index (χ1) is 6.77. The van der Waals surface area contributed by atoms with Gasteiger partial charge in [0.25, 0.3) is 0 Å². The number of hydrogen-bond donors (Lipinski definition) is 2. The molecule has 80 valence electrons. The van der Waals surface area contributed by atoms with Crippen molar-refractivity contribution in [3.05, 3.63) is 18.2 Å². The van der Waals surface area contributed by atoms with Crippen LogP contribution in [0.15, 0.2) is 12.4 Å². The molecule has 0 aliphatic heterocycles. The Morgan fingerprint density at radius 2 is 2.43 bits per heavy atom. The highest BCUT2D eigenvalue weighted by molar-refractivity contribution is 4.91. The number of nitrogens with zero attached hydrogens (tertiary/aromatic N) is 2. The van der Waals surface area contributed by atoms with Gasteiger partial charge in [0, 0.05) is 38.4 Å². The zero-order valence-electron chi connectivity index (χ0n) is 8.90. The normalized spacial score (nSPS) is 13.1. The van der Waals surface area contributed by atoms with Crippen LogP contribution in [-0.2, 0) is 13.5 Å². The zero-order valence-corrected chi connectivity index (χ0v) is 8.90. The summed E-state index contributed by atoms with van der Waals surface area (Å²) in [6, 6.07) is 0.218. The third-order valence-electron chi connectivity index (χ3n) is 2.42. The Hall–Kier alpha value is -0.870. The second-order valence-corrected chi connectivity index (χ2v) is 3.45. The number of aliphatic hydroxyl groups excluding tert-OH is 1. The molecule has 0 bridgehead atoms. The van der Waals surface area contributed by atoms with Crippen LogP contribution in [0, 0.1) is 0 Å². The van der Waals surface area contributed by atoms with E-state index in [1.807, 2.05) is 17.8 Å². The highest BCUT2D eigenvalue weighted by Crippen LogP contribution is 1.95. The number of aromatic nitrogens is 2. The van der Waals surface area contributed by atoms with Gasteiger partial charge in [-0.3, -0.25) is 0 Å². The maximum absolute atomic E-state index is 8.95. The number of aliphatic hydroxyl groups is 1.